The molecule has 0 N–H and O–H groups in total. The first-order valence-corrected chi connectivity index (χ1v) is 7.61. The van der Waals surface area contributed by atoms with Crippen molar-refractivity contribution in [3.63, 3.8) is 0 Å². The highest BCUT2D eigenvalue weighted by molar-refractivity contribution is 7.99. The fourth-order valence-electron chi connectivity index (χ4n) is 2.17. The van der Waals surface area contributed by atoms with E-state index in [9.17, 15) is 0 Å². The third kappa shape index (κ3) is 4.03. The van der Waals surface area contributed by atoms with Crippen LogP contribution in [0.2, 0.25) is 0 Å². The Morgan fingerprint density at radius 1 is 1.00 bits per heavy atom. The molecule has 0 unspecified atom stereocenters. The van der Waals surface area contributed by atoms with E-state index < -0.39 is 0 Å². The highest BCUT2D eigenvalue weighted by Crippen LogP contribution is 2.22. The Bertz CT molecular complexity index is 522. The highest BCUT2D eigenvalue weighted by Gasteiger charge is 2.04. The molecule has 0 spiro atoms. The molecule has 100 valence electrons. The van der Waals surface area contributed by atoms with E-state index in [1.165, 1.54) is 21.7 Å². The summed E-state index contributed by atoms with van der Waals surface area (Å²) >= 11 is 1.91. The van der Waals surface area contributed by atoms with E-state index in [0.717, 1.165) is 12.3 Å². The monoisotopic (exact) mass is 271 g/mol. The summed E-state index contributed by atoms with van der Waals surface area (Å²) < 4.78 is 0. The molecule has 2 aromatic rings. The Morgan fingerprint density at radius 2 is 1.74 bits per heavy atom. The molecule has 2 rings (SSSR count). The van der Waals surface area contributed by atoms with Crippen molar-refractivity contribution in [3.05, 3.63) is 59.7 Å². The third-order valence-corrected chi connectivity index (χ3v) is 4.19. The van der Waals surface area contributed by atoms with Crippen molar-refractivity contribution in [1.82, 2.24) is 0 Å². The van der Waals surface area contributed by atoms with Gasteiger partial charge in [0.2, 0.25) is 0 Å². The van der Waals surface area contributed by atoms with Gasteiger partial charge in [0.15, 0.2) is 0 Å². The van der Waals surface area contributed by atoms with Gasteiger partial charge in [-0.25, -0.2) is 0 Å². The molecule has 0 aliphatic carbocycles. The van der Waals surface area contributed by atoms with Gasteiger partial charge in [0.05, 0.1) is 0 Å². The zero-order valence-corrected chi connectivity index (χ0v) is 12.7. The lowest BCUT2D eigenvalue weighted by Crippen LogP contribution is -2.21. The molecule has 2 aromatic carbocycles. The molecule has 0 aliphatic rings. The average Bonchev–Trinajstić information content (AvgIpc) is 2.39. The molecule has 2 heteroatoms. The van der Waals surface area contributed by atoms with Gasteiger partial charge in [-0.1, -0.05) is 35.9 Å². The second-order valence-electron chi connectivity index (χ2n) is 4.87. The number of rotatable bonds is 5. The van der Waals surface area contributed by atoms with Crippen LogP contribution in [0.3, 0.4) is 0 Å². The van der Waals surface area contributed by atoms with Gasteiger partial charge < -0.3 is 4.90 Å². The first-order valence-electron chi connectivity index (χ1n) is 6.63. The van der Waals surface area contributed by atoms with Crippen molar-refractivity contribution in [2.24, 2.45) is 0 Å². The molecule has 0 aromatic heterocycles. The number of thioether (sulfide) groups is 1. The number of benzene rings is 2. The predicted octanol–water partition coefficient (Wildman–Crippen LogP) is 4.53. The molecular weight excluding hydrogens is 250 g/mol. The van der Waals surface area contributed by atoms with Crippen LogP contribution in [-0.4, -0.2) is 19.3 Å². The maximum absolute atomic E-state index is 2.34. The van der Waals surface area contributed by atoms with Crippen molar-refractivity contribution < 1.29 is 0 Å². The second kappa shape index (κ2) is 6.67. The van der Waals surface area contributed by atoms with Crippen molar-refractivity contribution in [3.8, 4) is 0 Å². The summed E-state index contributed by atoms with van der Waals surface area (Å²) in [6.07, 6.45) is 0. The van der Waals surface area contributed by atoms with Crippen LogP contribution >= 0.6 is 11.8 Å². The maximum atomic E-state index is 2.34. The lowest BCUT2D eigenvalue weighted by molar-refractivity contribution is 0.968. The van der Waals surface area contributed by atoms with Gasteiger partial charge in [-0.15, -0.1) is 11.8 Å². The fourth-order valence-corrected chi connectivity index (χ4v) is 3.12. The van der Waals surface area contributed by atoms with Gasteiger partial charge in [-0.2, -0.15) is 0 Å². The van der Waals surface area contributed by atoms with Gasteiger partial charge >= 0.3 is 0 Å². The summed E-state index contributed by atoms with van der Waals surface area (Å²) in [5, 5.41) is 0. The van der Waals surface area contributed by atoms with Gasteiger partial charge in [0, 0.05) is 29.9 Å². The van der Waals surface area contributed by atoms with Gasteiger partial charge in [0.25, 0.3) is 0 Å². The summed E-state index contributed by atoms with van der Waals surface area (Å²) in [5.41, 5.74) is 4.01. The Hall–Kier alpha value is -1.41. The summed E-state index contributed by atoms with van der Waals surface area (Å²) in [7, 11) is 2.17. The van der Waals surface area contributed by atoms with Crippen LogP contribution in [0.1, 0.15) is 11.1 Å². The molecule has 0 atom stereocenters. The molecule has 0 bridgehead atoms. The minimum Gasteiger partial charge on any atom is -0.374 e. The lowest BCUT2D eigenvalue weighted by atomic mass is 10.1. The fraction of sp³-hybridized carbons (Fsp3) is 0.294. The molecule has 0 amide bonds. The molecule has 0 heterocycles. The van der Waals surface area contributed by atoms with Crippen LogP contribution in [0.5, 0.6) is 0 Å². The highest BCUT2D eigenvalue weighted by atomic mass is 32.2. The maximum Gasteiger partial charge on any atom is 0.0393 e. The number of nitrogens with zero attached hydrogens (tertiary/aromatic N) is 1. The largest absolute Gasteiger partial charge is 0.374 e. The van der Waals surface area contributed by atoms with E-state index in [0.29, 0.717) is 0 Å². The normalized spacial score (nSPS) is 10.5. The van der Waals surface area contributed by atoms with E-state index in [1.54, 1.807) is 0 Å². The minimum atomic E-state index is 1.06. The van der Waals surface area contributed by atoms with E-state index in [-0.39, 0.29) is 0 Å². The first kappa shape index (κ1) is 14.0. The van der Waals surface area contributed by atoms with Crippen molar-refractivity contribution in [2.75, 3.05) is 24.2 Å². The van der Waals surface area contributed by atoms with Gasteiger partial charge in [-0.3, -0.25) is 0 Å². The van der Waals surface area contributed by atoms with Gasteiger partial charge in [-0.05, 0) is 37.6 Å². The van der Waals surface area contributed by atoms with Gasteiger partial charge in [0.1, 0.15) is 0 Å². The molecule has 0 radical (unpaired) electrons. The summed E-state index contributed by atoms with van der Waals surface area (Å²) in [4.78, 5) is 3.68. The number of anilines is 1. The molecule has 19 heavy (non-hydrogen) atoms. The first-order chi connectivity index (χ1) is 9.16. The average molecular weight is 271 g/mol. The van der Waals surface area contributed by atoms with Crippen molar-refractivity contribution in [2.45, 2.75) is 18.7 Å². The zero-order valence-electron chi connectivity index (χ0n) is 11.9. The Kier molecular flexibility index (Phi) is 4.92. The van der Waals surface area contributed by atoms with Crippen LogP contribution in [0.15, 0.2) is 53.4 Å². The van der Waals surface area contributed by atoms with E-state index in [4.69, 9.17) is 0 Å². The Balaban J connectivity index is 1.89. The summed E-state index contributed by atoms with van der Waals surface area (Å²) in [6.45, 7) is 5.38. The van der Waals surface area contributed by atoms with Crippen LogP contribution in [-0.2, 0) is 0 Å². The number of hydrogen-bond donors (Lipinski definition) is 0. The number of hydrogen-bond acceptors (Lipinski definition) is 2. The number of aryl methyl sites for hydroxylation is 2. The summed E-state index contributed by atoms with van der Waals surface area (Å²) in [6, 6.07) is 17.2. The SMILES string of the molecule is Cc1ccc(N(C)CCSc2ccccc2)c(C)c1. The van der Waals surface area contributed by atoms with Crippen molar-refractivity contribution in [1.29, 1.82) is 0 Å². The van der Waals surface area contributed by atoms with Crippen LogP contribution in [0, 0.1) is 13.8 Å². The lowest BCUT2D eigenvalue weighted by Gasteiger charge is -2.21. The minimum absolute atomic E-state index is 1.06. The topological polar surface area (TPSA) is 3.24 Å². The second-order valence-corrected chi connectivity index (χ2v) is 6.04. The molecule has 0 saturated carbocycles. The molecule has 0 saturated heterocycles. The molecule has 0 aliphatic heterocycles. The molecule has 1 nitrogen and oxygen atoms in total. The van der Waals surface area contributed by atoms with Crippen molar-refractivity contribution >= 4 is 17.4 Å². The molecular formula is C17H21NS. The predicted molar refractivity (Wildman–Crippen MR) is 86.4 cm³/mol. The van der Waals surface area contributed by atoms with Crippen LogP contribution in [0.25, 0.3) is 0 Å². The third-order valence-electron chi connectivity index (χ3n) is 3.20. The van der Waals surface area contributed by atoms with Crippen LogP contribution < -0.4 is 4.90 Å². The van der Waals surface area contributed by atoms with E-state index in [1.807, 2.05) is 11.8 Å². The Morgan fingerprint density at radius 3 is 2.42 bits per heavy atom. The van der Waals surface area contributed by atoms with E-state index in [2.05, 4.69) is 74.3 Å². The Labute approximate surface area is 120 Å². The van der Waals surface area contributed by atoms with E-state index >= 15 is 0 Å². The van der Waals surface area contributed by atoms with Crippen LogP contribution in [0.4, 0.5) is 5.69 Å². The smallest absolute Gasteiger partial charge is 0.0393 e. The molecule has 0 fully saturated rings. The standard InChI is InChI=1S/C17H21NS/c1-14-9-10-17(15(2)13-14)18(3)11-12-19-16-7-5-4-6-8-16/h4-10,13H,11-12H2,1-3H3. The summed E-state index contributed by atoms with van der Waals surface area (Å²) in [5.74, 6) is 1.10. The zero-order chi connectivity index (χ0) is 13.7. The quantitative estimate of drug-likeness (QED) is 0.735.